The quantitative estimate of drug-likeness (QED) is 0.687. The summed E-state index contributed by atoms with van der Waals surface area (Å²) in [6.45, 7) is 5.61. The van der Waals surface area contributed by atoms with Crippen molar-refractivity contribution in [2.24, 2.45) is 5.92 Å². The topological polar surface area (TPSA) is 102 Å². The van der Waals surface area contributed by atoms with Crippen LogP contribution in [0.25, 0.3) is 0 Å². The van der Waals surface area contributed by atoms with Gasteiger partial charge in [-0.3, -0.25) is 4.79 Å². The monoisotopic (exact) mass is 270 g/mol. The molecule has 0 aliphatic carbocycles. The fraction of sp³-hybridized carbons (Fsp3) is 0.583. The van der Waals surface area contributed by atoms with E-state index in [4.69, 9.17) is 9.84 Å². The van der Waals surface area contributed by atoms with Gasteiger partial charge < -0.3 is 19.7 Å². The van der Waals surface area contributed by atoms with Crippen molar-refractivity contribution in [3.8, 4) is 0 Å². The van der Waals surface area contributed by atoms with Crippen molar-refractivity contribution in [1.29, 1.82) is 0 Å². The van der Waals surface area contributed by atoms with Crippen LogP contribution in [0.1, 0.15) is 41.3 Å². The first-order valence-corrected chi connectivity index (χ1v) is 6.06. The highest BCUT2D eigenvalue weighted by molar-refractivity contribution is 5.94. The van der Waals surface area contributed by atoms with Crippen molar-refractivity contribution in [2.75, 3.05) is 19.8 Å². The fourth-order valence-corrected chi connectivity index (χ4v) is 1.23. The summed E-state index contributed by atoms with van der Waals surface area (Å²) in [6.07, 6.45) is 0.971. The van der Waals surface area contributed by atoms with Gasteiger partial charge in [0.05, 0.1) is 6.61 Å². The molecule has 0 saturated carbocycles. The number of rotatable bonds is 8. The first kappa shape index (κ1) is 15.2. The zero-order valence-corrected chi connectivity index (χ0v) is 11.0. The number of nitrogens with one attached hydrogen (secondary N) is 1. The number of carboxylic acids is 1. The lowest BCUT2D eigenvalue weighted by Gasteiger charge is -2.06. The van der Waals surface area contributed by atoms with Gasteiger partial charge in [0.2, 0.25) is 5.76 Å². The lowest BCUT2D eigenvalue weighted by Crippen LogP contribution is -2.27. The highest BCUT2D eigenvalue weighted by atomic mass is 16.5. The first-order valence-electron chi connectivity index (χ1n) is 6.06. The van der Waals surface area contributed by atoms with Gasteiger partial charge in [-0.05, 0) is 12.3 Å². The number of carbonyl (C=O) groups is 2. The Morgan fingerprint density at radius 3 is 2.79 bits per heavy atom. The molecule has 106 valence electrons. The summed E-state index contributed by atoms with van der Waals surface area (Å²) >= 11 is 0. The number of aromatic nitrogens is 1. The minimum atomic E-state index is -1.26. The Kier molecular flexibility index (Phi) is 6.01. The van der Waals surface area contributed by atoms with Crippen molar-refractivity contribution in [2.45, 2.75) is 20.3 Å². The molecule has 0 fully saturated rings. The maximum absolute atomic E-state index is 11.5. The molecule has 1 rings (SSSR count). The second kappa shape index (κ2) is 7.52. The molecule has 0 aromatic carbocycles. The summed E-state index contributed by atoms with van der Waals surface area (Å²) in [4.78, 5) is 22.1. The molecule has 1 heterocycles. The van der Waals surface area contributed by atoms with Gasteiger partial charge >= 0.3 is 5.97 Å². The van der Waals surface area contributed by atoms with Gasteiger partial charge in [0.1, 0.15) is 0 Å². The summed E-state index contributed by atoms with van der Waals surface area (Å²) in [5, 5.41) is 14.5. The first-order chi connectivity index (χ1) is 9.00. The molecule has 1 aromatic heterocycles. The SMILES string of the molecule is CC(C)CCOCCNC(=O)c1cc(C(=O)O)on1. The van der Waals surface area contributed by atoms with E-state index in [1.165, 1.54) is 0 Å². The van der Waals surface area contributed by atoms with E-state index in [2.05, 4.69) is 28.8 Å². The number of ether oxygens (including phenoxy) is 1. The molecule has 0 atom stereocenters. The largest absolute Gasteiger partial charge is 0.475 e. The summed E-state index contributed by atoms with van der Waals surface area (Å²) < 4.78 is 9.80. The van der Waals surface area contributed by atoms with Gasteiger partial charge in [0.25, 0.3) is 5.91 Å². The molecule has 7 nitrogen and oxygen atoms in total. The predicted octanol–water partition coefficient (Wildman–Crippen LogP) is 1.17. The minimum absolute atomic E-state index is 0.0559. The van der Waals surface area contributed by atoms with Crippen LogP contribution in [-0.4, -0.2) is 41.9 Å². The molecular formula is C12H18N2O5. The molecule has 2 N–H and O–H groups in total. The second-order valence-corrected chi connectivity index (χ2v) is 4.43. The van der Waals surface area contributed by atoms with Gasteiger partial charge in [-0.15, -0.1) is 0 Å². The highest BCUT2D eigenvalue weighted by Crippen LogP contribution is 2.03. The third-order valence-corrected chi connectivity index (χ3v) is 2.33. The van der Waals surface area contributed by atoms with Crippen LogP contribution in [0.3, 0.4) is 0 Å². The van der Waals surface area contributed by atoms with Crippen LogP contribution < -0.4 is 5.32 Å². The standard InChI is InChI=1S/C12H18N2O5/c1-8(2)3-5-18-6-4-13-11(15)9-7-10(12(16)17)19-14-9/h7-8H,3-6H2,1-2H3,(H,13,15)(H,16,17). The fourth-order valence-electron chi connectivity index (χ4n) is 1.23. The summed E-state index contributed by atoms with van der Waals surface area (Å²) in [6, 6.07) is 1.08. The van der Waals surface area contributed by atoms with E-state index in [0.717, 1.165) is 12.5 Å². The molecule has 19 heavy (non-hydrogen) atoms. The number of nitrogens with zero attached hydrogens (tertiary/aromatic N) is 1. The number of hydrogen-bond donors (Lipinski definition) is 2. The van der Waals surface area contributed by atoms with Crippen LogP contribution >= 0.6 is 0 Å². The van der Waals surface area contributed by atoms with E-state index in [1.807, 2.05) is 0 Å². The van der Waals surface area contributed by atoms with Crippen molar-refractivity contribution in [3.05, 3.63) is 17.5 Å². The average Bonchev–Trinajstić information content (AvgIpc) is 2.82. The summed E-state index contributed by atoms with van der Waals surface area (Å²) in [7, 11) is 0. The van der Waals surface area contributed by atoms with Crippen molar-refractivity contribution in [1.82, 2.24) is 10.5 Å². The molecule has 0 saturated heterocycles. The molecule has 0 bridgehead atoms. The number of aromatic carboxylic acids is 1. The van der Waals surface area contributed by atoms with Crippen molar-refractivity contribution >= 4 is 11.9 Å². The number of amides is 1. The predicted molar refractivity (Wildman–Crippen MR) is 66.1 cm³/mol. The highest BCUT2D eigenvalue weighted by Gasteiger charge is 2.15. The number of hydrogen-bond acceptors (Lipinski definition) is 5. The molecule has 1 aromatic rings. The third kappa shape index (κ3) is 5.52. The Labute approximate surface area is 110 Å². The number of carboxylic acid groups (broad SMARTS) is 1. The van der Waals surface area contributed by atoms with Crippen LogP contribution in [0.15, 0.2) is 10.6 Å². The van der Waals surface area contributed by atoms with E-state index in [9.17, 15) is 9.59 Å². The lowest BCUT2D eigenvalue weighted by molar-refractivity contribution is 0.0651. The molecule has 0 aliphatic rings. The molecule has 0 radical (unpaired) electrons. The van der Waals surface area contributed by atoms with E-state index >= 15 is 0 Å². The molecule has 0 spiro atoms. The molecule has 0 unspecified atom stereocenters. The van der Waals surface area contributed by atoms with Gasteiger partial charge in [0, 0.05) is 19.2 Å². The van der Waals surface area contributed by atoms with Crippen LogP contribution in [0, 0.1) is 5.92 Å². The Morgan fingerprint density at radius 1 is 1.47 bits per heavy atom. The Balaban J connectivity index is 2.22. The normalized spacial score (nSPS) is 10.7. The van der Waals surface area contributed by atoms with Gasteiger partial charge in [-0.25, -0.2) is 4.79 Å². The maximum atomic E-state index is 11.5. The Bertz CT molecular complexity index is 428. The van der Waals surface area contributed by atoms with Crippen LogP contribution in [0.5, 0.6) is 0 Å². The van der Waals surface area contributed by atoms with Gasteiger partial charge in [-0.2, -0.15) is 0 Å². The second-order valence-electron chi connectivity index (χ2n) is 4.43. The van der Waals surface area contributed by atoms with Crippen molar-refractivity contribution in [3.63, 3.8) is 0 Å². The zero-order valence-electron chi connectivity index (χ0n) is 11.0. The van der Waals surface area contributed by atoms with Crippen LogP contribution in [0.2, 0.25) is 0 Å². The third-order valence-electron chi connectivity index (χ3n) is 2.33. The average molecular weight is 270 g/mol. The van der Waals surface area contributed by atoms with Gasteiger partial charge in [0.15, 0.2) is 5.69 Å². The van der Waals surface area contributed by atoms with E-state index in [0.29, 0.717) is 25.7 Å². The Hall–Kier alpha value is -1.89. The lowest BCUT2D eigenvalue weighted by atomic mass is 10.1. The molecule has 0 aliphatic heterocycles. The minimum Gasteiger partial charge on any atom is -0.475 e. The Morgan fingerprint density at radius 2 is 2.21 bits per heavy atom. The van der Waals surface area contributed by atoms with Gasteiger partial charge in [-0.1, -0.05) is 19.0 Å². The van der Waals surface area contributed by atoms with E-state index in [-0.39, 0.29) is 11.5 Å². The van der Waals surface area contributed by atoms with Crippen molar-refractivity contribution < 1.29 is 24.0 Å². The molecular weight excluding hydrogens is 252 g/mol. The number of carbonyl (C=O) groups excluding carboxylic acids is 1. The molecule has 7 heteroatoms. The smallest absolute Gasteiger partial charge is 0.374 e. The van der Waals surface area contributed by atoms with E-state index in [1.54, 1.807) is 0 Å². The van der Waals surface area contributed by atoms with E-state index < -0.39 is 11.9 Å². The maximum Gasteiger partial charge on any atom is 0.374 e. The van der Waals surface area contributed by atoms with Crippen LogP contribution in [0.4, 0.5) is 0 Å². The van der Waals surface area contributed by atoms with Crippen LogP contribution in [-0.2, 0) is 4.74 Å². The zero-order chi connectivity index (χ0) is 14.3. The summed E-state index contributed by atoms with van der Waals surface area (Å²) in [5.74, 6) is -1.52. The summed E-state index contributed by atoms with van der Waals surface area (Å²) in [5.41, 5.74) is -0.0559. The molecule has 1 amide bonds.